The van der Waals surface area contributed by atoms with Crippen LogP contribution in [-0.2, 0) is 29.8 Å². The number of rotatable bonds is 2. The van der Waals surface area contributed by atoms with Crippen molar-refractivity contribution in [2.45, 2.75) is 54.1 Å². The van der Waals surface area contributed by atoms with E-state index in [0.717, 1.165) is 6.42 Å². The first kappa shape index (κ1) is 24.9. The summed E-state index contributed by atoms with van der Waals surface area (Å²) in [6.45, 7) is 15.5. The summed E-state index contributed by atoms with van der Waals surface area (Å²) in [6.07, 6.45) is 4.46. The van der Waals surface area contributed by atoms with Gasteiger partial charge in [-0.2, -0.15) is 11.1 Å². The zero-order valence-electron chi connectivity index (χ0n) is 19.6. The van der Waals surface area contributed by atoms with Crippen LogP contribution < -0.4 is 0 Å². The number of fused-ring (bicyclic) bond motifs is 1. The van der Waals surface area contributed by atoms with Gasteiger partial charge in [-0.25, -0.2) is 5.57 Å². The summed E-state index contributed by atoms with van der Waals surface area (Å²) >= 11 is 1.74. The molecule has 0 heterocycles. The predicted octanol–water partition coefficient (Wildman–Crippen LogP) is 8.29. The molecule has 0 saturated carbocycles. The van der Waals surface area contributed by atoms with Crippen LogP contribution in [0.4, 0.5) is 0 Å². The van der Waals surface area contributed by atoms with Crippen LogP contribution in [0.3, 0.4) is 0 Å². The van der Waals surface area contributed by atoms with Crippen LogP contribution in [0.1, 0.15) is 40.2 Å². The third-order valence-corrected chi connectivity index (χ3v) is 5.59. The molecule has 30 heavy (non-hydrogen) atoms. The third kappa shape index (κ3) is 6.82. The predicted molar refractivity (Wildman–Crippen MR) is 132 cm³/mol. The quantitative estimate of drug-likeness (QED) is 0.251. The van der Waals surface area contributed by atoms with E-state index in [1.54, 1.807) is 23.3 Å². The van der Waals surface area contributed by atoms with Crippen LogP contribution in [0.5, 0.6) is 0 Å². The minimum absolute atomic E-state index is 0.210. The zero-order chi connectivity index (χ0) is 22.3. The van der Waals surface area contributed by atoms with Crippen LogP contribution >= 0.6 is 0 Å². The van der Waals surface area contributed by atoms with E-state index in [-0.39, 0.29) is 5.43 Å². The van der Waals surface area contributed by atoms with Gasteiger partial charge in [-0.15, -0.1) is 53.6 Å². The van der Waals surface area contributed by atoms with E-state index in [1.165, 1.54) is 44.2 Å². The molecule has 0 aliphatic heterocycles. The Hall–Kier alpha value is -1.37. The van der Waals surface area contributed by atoms with E-state index < -0.39 is 0 Å². The van der Waals surface area contributed by atoms with Gasteiger partial charge in [0.1, 0.15) is 0 Å². The fraction of sp³-hybridized carbons (Fsp3) is 0.321. The van der Waals surface area contributed by atoms with Crippen LogP contribution in [-0.4, -0.2) is 5.43 Å². The van der Waals surface area contributed by atoms with Gasteiger partial charge < -0.3 is 0 Å². The maximum absolute atomic E-state index is 3.36. The Bertz CT molecular complexity index is 1040. The van der Waals surface area contributed by atoms with E-state index in [1.807, 2.05) is 0 Å². The van der Waals surface area contributed by atoms with Gasteiger partial charge in [0.15, 0.2) is 0 Å². The van der Waals surface area contributed by atoms with Gasteiger partial charge in [0, 0.05) is 0 Å². The molecule has 0 amide bonds. The third-order valence-electron chi connectivity index (χ3n) is 5.59. The summed E-state index contributed by atoms with van der Waals surface area (Å²) in [5.74, 6) is 0.560. The van der Waals surface area contributed by atoms with Crippen molar-refractivity contribution < 1.29 is 23.3 Å². The summed E-state index contributed by atoms with van der Waals surface area (Å²) in [5.41, 5.74) is 8.49. The second-order valence-electron chi connectivity index (χ2n) is 8.18. The molecule has 0 fully saturated rings. The van der Waals surface area contributed by atoms with Gasteiger partial charge in [0.2, 0.25) is 0 Å². The number of hydrogen-bond donors (Lipinski definition) is 0. The Morgan fingerprint density at radius 3 is 2.07 bits per heavy atom. The Kier molecular flexibility index (Phi) is 9.85. The van der Waals surface area contributed by atoms with Gasteiger partial charge >= 0.3 is 41.9 Å². The number of benzene rings is 2. The fourth-order valence-corrected chi connectivity index (χ4v) is 3.48. The van der Waals surface area contributed by atoms with E-state index in [4.69, 9.17) is 0 Å². The molecule has 0 aromatic heterocycles. The monoisotopic (exact) mass is 488 g/mol. The normalized spacial score (nSPS) is 15.2. The Morgan fingerprint density at radius 1 is 1.00 bits per heavy atom. The number of hydrogen-bond acceptors (Lipinski definition) is 0. The molecule has 3 aromatic carbocycles. The van der Waals surface area contributed by atoms with Crippen molar-refractivity contribution >= 4 is 16.2 Å². The molecule has 1 aliphatic rings. The molecular weight excluding hydrogens is 456 g/mol. The molecular formula is C28H34SiZr. The topological polar surface area (TPSA) is 0 Å². The standard InChI is InChI=1S/C17H15.C9H13.C2H6Si.Zr/c1-2-13-7-9-15(10-8-13)17-12-11-14-5-3-4-6-16(14)17;1-6-5-7(2)9(4)8(6)3;1-3-2;/h3-12H,2H2,1H3;6H,1-4H3;1-2H3;/q2*-1;;+2. The number of aryl methyl sites for hydroxylation is 1. The molecule has 1 atom stereocenters. The Labute approximate surface area is 198 Å². The van der Waals surface area contributed by atoms with Gasteiger partial charge in [-0.05, 0) is 12.0 Å². The van der Waals surface area contributed by atoms with E-state index in [9.17, 15) is 0 Å². The first-order valence-electron chi connectivity index (χ1n) is 10.8. The van der Waals surface area contributed by atoms with Crippen molar-refractivity contribution in [3.05, 3.63) is 89.0 Å². The average molecular weight is 490 g/mol. The number of allylic oxidation sites excluding steroid dienone is 4. The van der Waals surface area contributed by atoms with Gasteiger partial charge in [-0.1, -0.05) is 69.5 Å². The van der Waals surface area contributed by atoms with Crippen LogP contribution in [0, 0.1) is 12.0 Å². The molecule has 0 spiro atoms. The summed E-state index contributed by atoms with van der Waals surface area (Å²) in [5, 5.41) is 2.67. The molecule has 1 aliphatic carbocycles. The summed E-state index contributed by atoms with van der Waals surface area (Å²) in [4.78, 5) is 0. The molecule has 0 N–H and O–H groups in total. The van der Waals surface area contributed by atoms with E-state index in [2.05, 4.69) is 114 Å². The first-order valence-corrected chi connectivity index (χ1v) is 17.0. The van der Waals surface area contributed by atoms with E-state index >= 15 is 0 Å². The Morgan fingerprint density at radius 2 is 1.60 bits per heavy atom. The SMILES string of the molecule is CC1=[C-]C(C)C(C)=C1C.CCc1ccc(-c2c[cH-]c3ccccc23)cc1.C[Si](C)=[Zr+2]. The zero-order valence-corrected chi connectivity index (χ0v) is 23.0. The molecule has 3 aromatic rings. The average Bonchev–Trinajstić information content (AvgIpc) is 3.25. The van der Waals surface area contributed by atoms with Crippen LogP contribution in [0.15, 0.2) is 77.4 Å². The minimum atomic E-state index is 0.210. The molecule has 0 bridgehead atoms. The van der Waals surface area contributed by atoms with Crippen molar-refractivity contribution in [3.8, 4) is 11.1 Å². The summed E-state index contributed by atoms with van der Waals surface area (Å²) < 4.78 is 0. The van der Waals surface area contributed by atoms with Gasteiger partial charge in [0.25, 0.3) is 0 Å². The molecule has 1 unspecified atom stereocenters. The van der Waals surface area contributed by atoms with Crippen molar-refractivity contribution in [1.29, 1.82) is 0 Å². The molecule has 2 heteroatoms. The molecule has 4 rings (SSSR count). The summed E-state index contributed by atoms with van der Waals surface area (Å²) in [7, 11) is 0. The first-order chi connectivity index (χ1) is 14.2. The van der Waals surface area contributed by atoms with Crippen molar-refractivity contribution in [1.82, 2.24) is 0 Å². The fourth-order valence-electron chi connectivity index (χ4n) is 3.48. The molecule has 0 nitrogen and oxygen atoms in total. The van der Waals surface area contributed by atoms with Gasteiger partial charge in [-0.3, -0.25) is 6.08 Å². The molecule has 154 valence electrons. The van der Waals surface area contributed by atoms with Crippen LogP contribution in [0.2, 0.25) is 13.1 Å². The van der Waals surface area contributed by atoms with Crippen LogP contribution in [0.25, 0.3) is 21.9 Å². The molecule has 0 saturated heterocycles. The second-order valence-corrected chi connectivity index (χ2v) is 17.6. The van der Waals surface area contributed by atoms with Crippen molar-refractivity contribution in [2.75, 3.05) is 0 Å². The van der Waals surface area contributed by atoms with Gasteiger partial charge in [0.05, 0.1) is 0 Å². The second kappa shape index (κ2) is 11.9. The molecule has 0 radical (unpaired) electrons. The maximum atomic E-state index is 3.36. The Balaban J connectivity index is 0.000000207. The summed E-state index contributed by atoms with van der Waals surface area (Å²) in [6, 6.07) is 21.8. The van der Waals surface area contributed by atoms with Crippen molar-refractivity contribution in [2.24, 2.45) is 5.92 Å². The van der Waals surface area contributed by atoms with Crippen molar-refractivity contribution in [3.63, 3.8) is 0 Å². The van der Waals surface area contributed by atoms with E-state index in [0.29, 0.717) is 5.92 Å².